The number of phosphoric acid groups is 1. The van der Waals surface area contributed by atoms with Crippen molar-refractivity contribution < 1.29 is 67.4 Å². The van der Waals surface area contributed by atoms with Crippen molar-refractivity contribution in [2.75, 3.05) is 24.7 Å². The third kappa shape index (κ3) is 4.87. The van der Waals surface area contributed by atoms with Crippen LogP contribution in [0.25, 0.3) is 22.3 Å². The molecule has 0 aromatic carbocycles. The summed E-state index contributed by atoms with van der Waals surface area (Å²) in [4.78, 5) is 31.3. The average Bonchev–Trinajstić information content (AvgIpc) is 3.69. The van der Waals surface area contributed by atoms with Crippen molar-refractivity contribution in [1.29, 1.82) is 0 Å². The van der Waals surface area contributed by atoms with Crippen LogP contribution in [0.4, 0.5) is 20.4 Å². The Morgan fingerprint density at radius 1 is 0.800 bits per heavy atom. The molecule has 4 aromatic rings. The molecule has 22 nitrogen and oxygen atoms in total. The zero-order chi connectivity index (χ0) is 32.6. The number of aliphatic hydroxyl groups excluding tert-OH is 4. The Morgan fingerprint density at radius 2 is 1.18 bits per heavy atom. The van der Waals surface area contributed by atoms with Gasteiger partial charge in [-0.1, -0.05) is 0 Å². The van der Waals surface area contributed by atoms with E-state index in [-0.39, 0.29) is 11.0 Å². The molecular weight excluding hydrogens is 641 g/mol. The van der Waals surface area contributed by atoms with E-state index < -0.39 is 105 Å². The summed E-state index contributed by atoms with van der Waals surface area (Å²) in [5, 5.41) is 64.6. The second-order valence-corrected chi connectivity index (χ2v) is 11.4. The Hall–Kier alpha value is -3.65. The molecular formula is C20H23F2N10O12P. The van der Waals surface area contributed by atoms with Crippen molar-refractivity contribution in [2.24, 2.45) is 0 Å². The van der Waals surface area contributed by atoms with Crippen molar-refractivity contribution >= 4 is 41.8 Å². The van der Waals surface area contributed by atoms with E-state index in [2.05, 4.69) is 29.9 Å². The standard InChI is InChI=1S/C20H23F2N10O12P/c21-17-27-11(23)7-13(29-17)31(3-25-7)19(37)9(33)5(43-15(19)35)1-41-45(39,40)42-2-6-10(34)20(38,16(36)44-6)32-4-26-8-12(24)28-18(22)30-14(8)32/h3-6,9-10,15-16,33-38H,1-2H2,(H,39,40)(H2,23,27,29)(H2,24,28,30)/t5-,6-,9-,10-,15+,16+,19+,20+/m1/s1. The van der Waals surface area contributed by atoms with Gasteiger partial charge in [0.1, 0.15) is 24.4 Å². The molecule has 11 N–H and O–H groups in total. The van der Waals surface area contributed by atoms with Crippen LogP contribution in [0.1, 0.15) is 0 Å². The lowest BCUT2D eigenvalue weighted by molar-refractivity contribution is -0.216. The molecule has 2 fully saturated rings. The molecule has 0 spiro atoms. The van der Waals surface area contributed by atoms with Crippen LogP contribution in [0.5, 0.6) is 0 Å². The molecule has 0 radical (unpaired) electrons. The predicted molar refractivity (Wildman–Crippen MR) is 135 cm³/mol. The molecule has 0 aliphatic carbocycles. The van der Waals surface area contributed by atoms with Crippen LogP contribution >= 0.6 is 7.82 Å². The molecule has 4 aromatic heterocycles. The molecule has 6 heterocycles. The third-order valence-electron chi connectivity index (χ3n) is 7.28. The molecule has 0 unspecified atom stereocenters. The number of anilines is 2. The van der Waals surface area contributed by atoms with Crippen LogP contribution in [-0.4, -0.2) is 125 Å². The summed E-state index contributed by atoms with van der Waals surface area (Å²) < 4.78 is 61.2. The lowest BCUT2D eigenvalue weighted by Gasteiger charge is -2.30. The van der Waals surface area contributed by atoms with E-state index in [0.717, 1.165) is 12.7 Å². The molecule has 6 rings (SSSR count). The first-order valence-electron chi connectivity index (χ1n) is 12.5. The Bertz CT molecular complexity index is 1710. The summed E-state index contributed by atoms with van der Waals surface area (Å²) in [5.74, 6) is -0.816. The second-order valence-electron chi connectivity index (χ2n) is 9.90. The molecule has 0 bridgehead atoms. The highest BCUT2D eigenvalue weighted by molar-refractivity contribution is 7.47. The molecule has 45 heavy (non-hydrogen) atoms. The van der Waals surface area contributed by atoms with Crippen molar-refractivity contribution in [3.05, 3.63) is 24.8 Å². The number of nitrogen functional groups attached to an aromatic ring is 2. The number of phosphoric ester groups is 1. The largest absolute Gasteiger partial charge is 0.472 e. The van der Waals surface area contributed by atoms with E-state index in [4.69, 9.17) is 30.0 Å². The first kappa shape index (κ1) is 31.3. The van der Waals surface area contributed by atoms with Gasteiger partial charge < -0.3 is 56.5 Å². The lowest BCUT2D eigenvalue weighted by atomic mass is 10.0. The van der Waals surface area contributed by atoms with E-state index in [1.165, 1.54) is 0 Å². The molecule has 2 aliphatic rings. The fourth-order valence-electron chi connectivity index (χ4n) is 4.99. The molecule has 8 atom stereocenters. The first-order valence-corrected chi connectivity index (χ1v) is 14.0. The second kappa shape index (κ2) is 10.7. The fraction of sp³-hybridized carbons (Fsp3) is 0.500. The number of aromatic nitrogens is 8. The number of nitrogens with two attached hydrogens (primary N) is 2. The van der Waals surface area contributed by atoms with Gasteiger partial charge in [-0.05, 0) is 0 Å². The van der Waals surface area contributed by atoms with Gasteiger partial charge in [-0.15, -0.1) is 0 Å². The van der Waals surface area contributed by atoms with Crippen molar-refractivity contribution in [2.45, 2.75) is 48.4 Å². The van der Waals surface area contributed by atoms with E-state index in [1.54, 1.807) is 0 Å². The van der Waals surface area contributed by atoms with Gasteiger partial charge in [-0.25, -0.2) is 14.5 Å². The van der Waals surface area contributed by atoms with Crippen molar-refractivity contribution in [1.82, 2.24) is 39.0 Å². The van der Waals surface area contributed by atoms with Gasteiger partial charge in [0.05, 0.1) is 25.9 Å². The van der Waals surface area contributed by atoms with Crippen LogP contribution in [0.3, 0.4) is 0 Å². The van der Waals surface area contributed by atoms with Crippen LogP contribution < -0.4 is 11.5 Å². The molecule has 244 valence electrons. The van der Waals surface area contributed by atoms with E-state index in [1.807, 2.05) is 0 Å². The maximum Gasteiger partial charge on any atom is 0.472 e. The van der Waals surface area contributed by atoms with Crippen molar-refractivity contribution in [3.63, 3.8) is 0 Å². The summed E-state index contributed by atoms with van der Waals surface area (Å²) in [6.45, 7) is -2.00. The molecule has 0 amide bonds. The van der Waals surface area contributed by atoms with Gasteiger partial charge in [0.15, 0.2) is 34.0 Å². The van der Waals surface area contributed by atoms with Gasteiger partial charge >= 0.3 is 20.0 Å². The Morgan fingerprint density at radius 3 is 1.56 bits per heavy atom. The maximum atomic E-state index is 13.8. The minimum Gasteiger partial charge on any atom is -0.385 e. The highest BCUT2D eigenvalue weighted by Gasteiger charge is 2.59. The number of nitrogens with zero attached hydrogens (tertiary/aromatic N) is 8. The molecule has 0 saturated carbocycles. The number of hydrogen-bond donors (Lipinski definition) is 9. The minimum atomic E-state index is -5.12. The normalized spacial score (nSPS) is 32.3. The summed E-state index contributed by atoms with van der Waals surface area (Å²) >= 11 is 0. The third-order valence-corrected chi connectivity index (χ3v) is 8.23. The number of imidazole rings is 2. The van der Waals surface area contributed by atoms with E-state index in [0.29, 0.717) is 9.13 Å². The van der Waals surface area contributed by atoms with Gasteiger partial charge in [0, 0.05) is 0 Å². The zero-order valence-electron chi connectivity index (χ0n) is 22.1. The van der Waals surface area contributed by atoms with Crippen LogP contribution in [0.2, 0.25) is 0 Å². The Balaban J connectivity index is 1.12. The average molecular weight is 664 g/mol. The Kier molecular flexibility index (Phi) is 7.46. The van der Waals surface area contributed by atoms with Gasteiger partial charge in [0.25, 0.3) is 0 Å². The van der Waals surface area contributed by atoms with Crippen LogP contribution in [-0.2, 0) is 34.5 Å². The summed E-state index contributed by atoms with van der Waals surface area (Å²) in [6.07, 6.45) is -13.0. The number of halogens is 2. The topological polar surface area (TPSA) is 335 Å². The monoisotopic (exact) mass is 664 g/mol. The van der Waals surface area contributed by atoms with Crippen LogP contribution in [0, 0.1) is 12.2 Å². The SMILES string of the molecule is Nc1nc(F)nc2c1ncn2[C@]1(O)[C@H](O)[C@@H](COP(=O)(O)OC[C@H]2O[C@H](O)[C@](O)(n3cnc4c(N)nc(F)nc43)[C@@H]2O)O[C@@H]1O. The lowest BCUT2D eigenvalue weighted by Crippen LogP contribution is -2.50. The zero-order valence-corrected chi connectivity index (χ0v) is 23.0. The van der Waals surface area contributed by atoms with E-state index in [9.17, 15) is 48.9 Å². The summed E-state index contributed by atoms with van der Waals surface area (Å²) in [7, 11) is -5.12. The Labute approximate surface area is 246 Å². The molecule has 2 saturated heterocycles. The summed E-state index contributed by atoms with van der Waals surface area (Å²) in [5.41, 5.74) is 4.42. The molecule has 2 aliphatic heterocycles. The number of aliphatic hydroxyl groups is 6. The number of ether oxygens (including phenoxy) is 2. The number of fused-ring (bicyclic) bond motifs is 2. The predicted octanol–water partition coefficient (Wildman–Crippen LogP) is -4.31. The van der Waals surface area contributed by atoms with Crippen molar-refractivity contribution in [3.8, 4) is 0 Å². The smallest absolute Gasteiger partial charge is 0.385 e. The van der Waals surface area contributed by atoms with Crippen LogP contribution in [0.15, 0.2) is 12.7 Å². The number of rotatable bonds is 8. The number of hydrogen-bond acceptors (Lipinski definition) is 19. The maximum absolute atomic E-state index is 13.8. The summed E-state index contributed by atoms with van der Waals surface area (Å²) in [6, 6.07) is 0. The first-order chi connectivity index (χ1) is 21.1. The quantitative estimate of drug-likeness (QED) is 0.0635. The van der Waals surface area contributed by atoms with Gasteiger partial charge in [-0.3, -0.25) is 18.2 Å². The highest BCUT2D eigenvalue weighted by atomic mass is 31.2. The fourth-order valence-corrected chi connectivity index (χ4v) is 5.73. The minimum absolute atomic E-state index is 0.184. The van der Waals surface area contributed by atoms with E-state index >= 15 is 0 Å². The van der Waals surface area contributed by atoms with Gasteiger partial charge in [-0.2, -0.15) is 28.7 Å². The van der Waals surface area contributed by atoms with Gasteiger partial charge in [0.2, 0.25) is 24.0 Å². The molecule has 25 heteroatoms. The highest BCUT2D eigenvalue weighted by Crippen LogP contribution is 2.47.